The summed E-state index contributed by atoms with van der Waals surface area (Å²) >= 11 is 3.10. The van der Waals surface area contributed by atoms with Crippen LogP contribution in [0.3, 0.4) is 0 Å². The van der Waals surface area contributed by atoms with Gasteiger partial charge in [0.25, 0.3) is 5.69 Å². The quantitative estimate of drug-likeness (QED) is 0.640. The fourth-order valence-corrected chi connectivity index (χ4v) is 2.00. The van der Waals surface area contributed by atoms with Crippen molar-refractivity contribution in [2.75, 3.05) is 5.32 Å². The fraction of sp³-hybridized carbons (Fsp3) is 0. The first-order chi connectivity index (χ1) is 9.88. The normalized spacial score (nSPS) is 10.2. The van der Waals surface area contributed by atoms with Gasteiger partial charge < -0.3 is 10.4 Å². The van der Waals surface area contributed by atoms with Gasteiger partial charge in [-0.1, -0.05) is 15.9 Å². The van der Waals surface area contributed by atoms with Gasteiger partial charge in [-0.05, 0) is 24.3 Å². The molecule has 0 saturated heterocycles. The van der Waals surface area contributed by atoms with Crippen LogP contribution in [0.4, 0.5) is 21.5 Å². The second-order valence-corrected chi connectivity index (χ2v) is 4.96. The molecule has 0 amide bonds. The zero-order valence-electron chi connectivity index (χ0n) is 10.3. The largest absolute Gasteiger partial charge is 0.478 e. The van der Waals surface area contributed by atoms with Crippen molar-refractivity contribution in [1.82, 2.24) is 0 Å². The molecule has 0 atom stereocenters. The third-order valence-corrected chi connectivity index (χ3v) is 3.14. The van der Waals surface area contributed by atoms with E-state index < -0.39 is 16.7 Å². The van der Waals surface area contributed by atoms with E-state index in [4.69, 9.17) is 5.11 Å². The van der Waals surface area contributed by atoms with E-state index in [1.54, 1.807) is 6.07 Å². The topological polar surface area (TPSA) is 92.5 Å². The van der Waals surface area contributed by atoms with Gasteiger partial charge in [0.1, 0.15) is 5.82 Å². The summed E-state index contributed by atoms with van der Waals surface area (Å²) in [7, 11) is 0. The molecule has 0 aliphatic heterocycles. The minimum Gasteiger partial charge on any atom is -0.478 e. The van der Waals surface area contributed by atoms with Crippen molar-refractivity contribution in [3.63, 3.8) is 0 Å². The Bertz CT molecular complexity index is 736. The number of hydrogen-bond donors (Lipinski definition) is 2. The lowest BCUT2D eigenvalue weighted by molar-refractivity contribution is -0.384. The Hall–Kier alpha value is -2.48. The Morgan fingerprint density at radius 3 is 2.52 bits per heavy atom. The van der Waals surface area contributed by atoms with Crippen LogP contribution in [0.1, 0.15) is 10.4 Å². The molecule has 0 saturated carbocycles. The van der Waals surface area contributed by atoms with Crippen LogP contribution in [-0.2, 0) is 0 Å². The molecule has 0 aliphatic carbocycles. The summed E-state index contributed by atoms with van der Waals surface area (Å²) in [6.07, 6.45) is 0. The van der Waals surface area contributed by atoms with E-state index in [-0.39, 0.29) is 22.6 Å². The van der Waals surface area contributed by atoms with Crippen LogP contribution in [0.2, 0.25) is 0 Å². The molecule has 8 heteroatoms. The fourth-order valence-electron chi connectivity index (χ4n) is 1.67. The number of benzene rings is 2. The number of aromatic carboxylic acids is 1. The first-order valence-corrected chi connectivity index (χ1v) is 6.41. The summed E-state index contributed by atoms with van der Waals surface area (Å²) in [6.45, 7) is 0. The molecule has 6 nitrogen and oxygen atoms in total. The zero-order chi connectivity index (χ0) is 15.6. The summed E-state index contributed by atoms with van der Waals surface area (Å²) in [4.78, 5) is 21.2. The Kier molecular flexibility index (Phi) is 4.18. The lowest BCUT2D eigenvalue weighted by Gasteiger charge is -2.10. The van der Waals surface area contributed by atoms with Crippen molar-refractivity contribution in [2.24, 2.45) is 0 Å². The number of nitrogens with one attached hydrogen (secondary N) is 1. The van der Waals surface area contributed by atoms with Crippen LogP contribution in [0, 0.1) is 15.9 Å². The summed E-state index contributed by atoms with van der Waals surface area (Å²) in [5.41, 5.74) is -0.526. The molecule has 0 spiro atoms. The predicted octanol–water partition coefficient (Wildman–Crippen LogP) is 3.94. The number of hydrogen-bond acceptors (Lipinski definition) is 4. The van der Waals surface area contributed by atoms with Crippen LogP contribution in [0.5, 0.6) is 0 Å². The van der Waals surface area contributed by atoms with Crippen molar-refractivity contribution in [3.05, 3.63) is 62.4 Å². The average molecular weight is 355 g/mol. The average Bonchev–Trinajstić information content (AvgIpc) is 2.41. The first-order valence-electron chi connectivity index (χ1n) is 5.62. The highest BCUT2D eigenvalue weighted by Gasteiger charge is 2.16. The van der Waals surface area contributed by atoms with Gasteiger partial charge in [-0.15, -0.1) is 0 Å². The van der Waals surface area contributed by atoms with Gasteiger partial charge in [-0.2, -0.15) is 0 Å². The lowest BCUT2D eigenvalue weighted by Crippen LogP contribution is -2.04. The van der Waals surface area contributed by atoms with E-state index in [1.807, 2.05) is 0 Å². The highest BCUT2D eigenvalue weighted by molar-refractivity contribution is 9.10. The number of nitrogens with zero attached hydrogens (tertiary/aromatic N) is 1. The maximum absolute atomic E-state index is 13.8. The minimum atomic E-state index is -1.27. The molecule has 0 radical (unpaired) electrons. The van der Waals surface area contributed by atoms with Gasteiger partial charge in [0, 0.05) is 16.6 Å². The Morgan fingerprint density at radius 2 is 1.95 bits per heavy atom. The molecule has 0 bridgehead atoms. The molecule has 0 fully saturated rings. The number of non-ortho nitro benzene ring substituents is 1. The Balaban J connectivity index is 2.48. The first kappa shape index (κ1) is 14.9. The maximum atomic E-state index is 13.8. The number of anilines is 2. The van der Waals surface area contributed by atoms with Crippen LogP contribution in [0.25, 0.3) is 0 Å². The maximum Gasteiger partial charge on any atom is 0.337 e. The number of nitro benzene ring substituents is 1. The highest BCUT2D eigenvalue weighted by Crippen LogP contribution is 2.28. The number of carbonyl (C=O) groups is 1. The molecule has 2 rings (SSSR count). The molecular formula is C13H8BrFN2O4. The van der Waals surface area contributed by atoms with Crippen molar-refractivity contribution in [3.8, 4) is 0 Å². The summed E-state index contributed by atoms with van der Waals surface area (Å²) in [6, 6.07) is 7.37. The summed E-state index contributed by atoms with van der Waals surface area (Å²) in [5.74, 6) is -1.89. The number of carboxylic acid groups (broad SMARTS) is 1. The van der Waals surface area contributed by atoms with Crippen LogP contribution in [0.15, 0.2) is 40.9 Å². The predicted molar refractivity (Wildman–Crippen MR) is 77.4 cm³/mol. The van der Waals surface area contributed by atoms with Gasteiger partial charge in [0.05, 0.1) is 21.9 Å². The molecule has 0 aliphatic rings. The Labute approximate surface area is 126 Å². The standard InChI is InChI=1S/C13H8BrFN2O4/c14-7-1-4-11(10(15)5-7)16-12-6-8(17(20)21)2-3-9(12)13(18)19/h1-6,16H,(H,18,19). The lowest BCUT2D eigenvalue weighted by atomic mass is 10.1. The van der Waals surface area contributed by atoms with Gasteiger partial charge in [-0.25, -0.2) is 9.18 Å². The summed E-state index contributed by atoms with van der Waals surface area (Å²) < 4.78 is 14.3. The third-order valence-electron chi connectivity index (χ3n) is 2.64. The van der Waals surface area contributed by atoms with Gasteiger partial charge in [-0.3, -0.25) is 10.1 Å². The van der Waals surface area contributed by atoms with Gasteiger partial charge >= 0.3 is 5.97 Å². The molecular weight excluding hydrogens is 347 g/mol. The number of nitro groups is 1. The van der Waals surface area contributed by atoms with E-state index in [2.05, 4.69) is 21.2 Å². The van der Waals surface area contributed by atoms with E-state index >= 15 is 0 Å². The molecule has 2 N–H and O–H groups in total. The van der Waals surface area contributed by atoms with E-state index in [9.17, 15) is 19.3 Å². The van der Waals surface area contributed by atoms with Crippen molar-refractivity contribution in [1.29, 1.82) is 0 Å². The molecule has 2 aromatic rings. The SMILES string of the molecule is O=C(O)c1ccc([N+](=O)[O-])cc1Nc1ccc(Br)cc1F. The van der Waals surface area contributed by atoms with E-state index in [1.165, 1.54) is 12.1 Å². The third kappa shape index (κ3) is 3.34. The van der Waals surface area contributed by atoms with Crippen molar-refractivity contribution < 1.29 is 19.2 Å². The molecule has 0 aromatic heterocycles. The zero-order valence-corrected chi connectivity index (χ0v) is 11.9. The van der Waals surface area contributed by atoms with Crippen molar-refractivity contribution in [2.45, 2.75) is 0 Å². The molecule has 21 heavy (non-hydrogen) atoms. The van der Waals surface area contributed by atoms with E-state index in [0.29, 0.717) is 4.47 Å². The molecule has 108 valence electrons. The number of halogens is 2. The van der Waals surface area contributed by atoms with Crippen molar-refractivity contribution >= 4 is 39.0 Å². The van der Waals surface area contributed by atoms with Crippen LogP contribution < -0.4 is 5.32 Å². The number of carboxylic acids is 1. The Morgan fingerprint density at radius 1 is 1.24 bits per heavy atom. The second-order valence-electron chi connectivity index (χ2n) is 4.04. The van der Waals surface area contributed by atoms with Gasteiger partial charge in [0.2, 0.25) is 0 Å². The second kappa shape index (κ2) is 5.88. The monoisotopic (exact) mass is 354 g/mol. The highest BCUT2D eigenvalue weighted by atomic mass is 79.9. The smallest absolute Gasteiger partial charge is 0.337 e. The van der Waals surface area contributed by atoms with Gasteiger partial charge in [0.15, 0.2) is 0 Å². The van der Waals surface area contributed by atoms with E-state index in [0.717, 1.165) is 18.2 Å². The van der Waals surface area contributed by atoms with Crippen LogP contribution in [-0.4, -0.2) is 16.0 Å². The minimum absolute atomic E-state index is 0.0150. The van der Waals surface area contributed by atoms with Crippen LogP contribution >= 0.6 is 15.9 Å². The molecule has 2 aromatic carbocycles. The molecule has 0 heterocycles. The summed E-state index contributed by atoms with van der Waals surface area (Å²) in [5, 5.41) is 22.4. The number of rotatable bonds is 4. The molecule has 0 unspecified atom stereocenters.